The van der Waals surface area contributed by atoms with Gasteiger partial charge in [-0.1, -0.05) is 5.16 Å². The van der Waals surface area contributed by atoms with Gasteiger partial charge in [-0.05, 0) is 12.8 Å². The summed E-state index contributed by atoms with van der Waals surface area (Å²) in [7, 11) is 0. The molecule has 0 aromatic carbocycles. The molecule has 3 aromatic heterocycles. The Hall–Kier alpha value is -1.80. The topological polar surface area (TPSA) is 90.7 Å². The molecule has 0 spiro atoms. The highest BCUT2D eigenvalue weighted by molar-refractivity contribution is 7.13. The van der Waals surface area contributed by atoms with E-state index in [2.05, 4.69) is 20.1 Å². The monoisotopic (exact) mass is 293 g/mol. The van der Waals surface area contributed by atoms with E-state index in [1.807, 2.05) is 10.8 Å². The molecule has 0 atom stereocenters. The van der Waals surface area contributed by atoms with Gasteiger partial charge < -0.3 is 10.3 Å². The van der Waals surface area contributed by atoms with Crippen molar-refractivity contribution in [1.29, 1.82) is 0 Å². The van der Waals surface area contributed by atoms with Gasteiger partial charge in [-0.3, -0.25) is 0 Å². The van der Waals surface area contributed by atoms with Crippen LogP contribution in [-0.2, 0) is 12.8 Å². The molecule has 2 N–H and O–H groups in total. The third kappa shape index (κ3) is 2.96. The molecule has 0 aliphatic carbocycles. The summed E-state index contributed by atoms with van der Waals surface area (Å²) in [6.45, 7) is 0. The van der Waals surface area contributed by atoms with Crippen LogP contribution >= 0.6 is 22.7 Å². The SMILES string of the molecule is Nc1nc(CCCc2nc(-c3cscn3)no2)cs1. The number of aryl methyl sites for hydroxylation is 2. The maximum absolute atomic E-state index is 5.58. The van der Waals surface area contributed by atoms with Gasteiger partial charge in [-0.25, -0.2) is 9.97 Å². The van der Waals surface area contributed by atoms with Crippen molar-refractivity contribution in [3.63, 3.8) is 0 Å². The van der Waals surface area contributed by atoms with Crippen molar-refractivity contribution in [2.24, 2.45) is 0 Å². The number of rotatable bonds is 5. The van der Waals surface area contributed by atoms with E-state index in [1.54, 1.807) is 5.51 Å². The lowest BCUT2D eigenvalue weighted by atomic mass is 10.2. The highest BCUT2D eigenvalue weighted by atomic mass is 32.1. The van der Waals surface area contributed by atoms with E-state index in [1.165, 1.54) is 22.7 Å². The number of hydrogen-bond acceptors (Lipinski definition) is 8. The molecule has 0 bridgehead atoms. The smallest absolute Gasteiger partial charge is 0.227 e. The highest BCUT2D eigenvalue weighted by Crippen LogP contribution is 2.17. The van der Waals surface area contributed by atoms with Crippen molar-refractivity contribution in [2.45, 2.75) is 19.3 Å². The Kier molecular flexibility index (Phi) is 3.51. The lowest BCUT2D eigenvalue weighted by Crippen LogP contribution is -1.92. The van der Waals surface area contributed by atoms with Crippen LogP contribution in [0.15, 0.2) is 20.8 Å². The molecule has 98 valence electrons. The average molecular weight is 293 g/mol. The molecule has 19 heavy (non-hydrogen) atoms. The predicted octanol–water partition coefficient (Wildman–Crippen LogP) is 2.41. The molecular weight excluding hydrogens is 282 g/mol. The van der Waals surface area contributed by atoms with Gasteiger partial charge in [0.1, 0.15) is 5.69 Å². The molecule has 0 fully saturated rings. The first-order chi connectivity index (χ1) is 9.31. The second-order valence-electron chi connectivity index (χ2n) is 3.92. The molecule has 0 unspecified atom stereocenters. The third-order valence-corrected chi connectivity index (χ3v) is 3.83. The Balaban J connectivity index is 1.56. The summed E-state index contributed by atoms with van der Waals surface area (Å²) < 4.78 is 5.19. The number of hydrogen-bond donors (Lipinski definition) is 1. The van der Waals surface area contributed by atoms with Gasteiger partial charge in [0.2, 0.25) is 11.7 Å². The lowest BCUT2D eigenvalue weighted by molar-refractivity contribution is 0.376. The molecule has 3 rings (SSSR count). The molecule has 3 heterocycles. The molecule has 0 aliphatic rings. The van der Waals surface area contributed by atoms with E-state index >= 15 is 0 Å². The minimum absolute atomic E-state index is 0.550. The number of anilines is 1. The fraction of sp³-hybridized carbons (Fsp3) is 0.273. The number of nitrogens with two attached hydrogens (primary N) is 1. The lowest BCUT2D eigenvalue weighted by Gasteiger charge is -1.93. The van der Waals surface area contributed by atoms with Crippen molar-refractivity contribution in [1.82, 2.24) is 20.1 Å². The predicted molar refractivity (Wildman–Crippen MR) is 74.0 cm³/mol. The second kappa shape index (κ2) is 5.45. The van der Waals surface area contributed by atoms with Gasteiger partial charge in [0, 0.05) is 17.2 Å². The molecule has 0 radical (unpaired) electrons. The van der Waals surface area contributed by atoms with Crippen LogP contribution in [0.4, 0.5) is 5.13 Å². The second-order valence-corrected chi connectivity index (χ2v) is 5.52. The zero-order valence-corrected chi connectivity index (χ0v) is 11.6. The Morgan fingerprint density at radius 2 is 2.16 bits per heavy atom. The number of nitrogen functional groups attached to an aromatic ring is 1. The number of nitrogens with zero attached hydrogens (tertiary/aromatic N) is 4. The average Bonchev–Trinajstić information content (AvgIpc) is 3.09. The fourth-order valence-electron chi connectivity index (χ4n) is 1.64. The molecule has 6 nitrogen and oxygen atoms in total. The van der Waals surface area contributed by atoms with Crippen LogP contribution in [0, 0.1) is 0 Å². The van der Waals surface area contributed by atoms with Crippen molar-refractivity contribution in [2.75, 3.05) is 5.73 Å². The molecule has 3 aromatic rings. The van der Waals surface area contributed by atoms with Crippen LogP contribution in [0.1, 0.15) is 18.0 Å². The van der Waals surface area contributed by atoms with E-state index in [-0.39, 0.29) is 0 Å². The molecule has 8 heteroatoms. The van der Waals surface area contributed by atoms with Crippen molar-refractivity contribution in [3.8, 4) is 11.5 Å². The first kappa shape index (κ1) is 12.2. The maximum Gasteiger partial charge on any atom is 0.227 e. The van der Waals surface area contributed by atoms with Gasteiger partial charge in [0.05, 0.1) is 11.2 Å². The summed E-state index contributed by atoms with van der Waals surface area (Å²) in [4.78, 5) is 12.7. The summed E-state index contributed by atoms with van der Waals surface area (Å²) in [6, 6.07) is 0. The Morgan fingerprint density at radius 1 is 1.21 bits per heavy atom. The Bertz CT molecular complexity index is 646. The van der Waals surface area contributed by atoms with Crippen LogP contribution in [0.2, 0.25) is 0 Å². The molecule has 0 saturated heterocycles. The quantitative estimate of drug-likeness (QED) is 0.776. The zero-order chi connectivity index (χ0) is 13.1. The molecule has 0 amide bonds. The number of aromatic nitrogens is 4. The van der Waals surface area contributed by atoms with E-state index in [9.17, 15) is 0 Å². The minimum atomic E-state index is 0.550. The fourth-order valence-corrected chi connectivity index (χ4v) is 2.77. The highest BCUT2D eigenvalue weighted by Gasteiger charge is 2.10. The maximum atomic E-state index is 5.58. The van der Waals surface area contributed by atoms with Gasteiger partial charge in [-0.15, -0.1) is 22.7 Å². The summed E-state index contributed by atoms with van der Waals surface area (Å²) in [6.07, 6.45) is 2.50. The van der Waals surface area contributed by atoms with Gasteiger partial charge in [-0.2, -0.15) is 4.98 Å². The summed E-state index contributed by atoms with van der Waals surface area (Å²) in [5, 5.41) is 8.39. The van der Waals surface area contributed by atoms with Gasteiger partial charge in [0.15, 0.2) is 5.13 Å². The van der Waals surface area contributed by atoms with Crippen LogP contribution in [0.3, 0.4) is 0 Å². The standard InChI is InChI=1S/C11H11N5OS2/c12-11-14-7(4-19-11)2-1-3-9-15-10(16-17-9)8-5-18-6-13-8/h4-6H,1-3H2,(H2,12,14). The van der Waals surface area contributed by atoms with Gasteiger partial charge in [0.25, 0.3) is 0 Å². The summed E-state index contributed by atoms with van der Waals surface area (Å²) >= 11 is 2.97. The molecule has 0 aliphatic heterocycles. The van der Waals surface area contributed by atoms with Crippen molar-refractivity contribution in [3.05, 3.63) is 27.9 Å². The van der Waals surface area contributed by atoms with Crippen LogP contribution in [-0.4, -0.2) is 20.1 Å². The summed E-state index contributed by atoms with van der Waals surface area (Å²) in [5.41, 5.74) is 9.10. The Morgan fingerprint density at radius 3 is 2.89 bits per heavy atom. The van der Waals surface area contributed by atoms with E-state index < -0.39 is 0 Å². The van der Waals surface area contributed by atoms with Crippen LogP contribution < -0.4 is 5.73 Å². The largest absolute Gasteiger partial charge is 0.375 e. The van der Waals surface area contributed by atoms with E-state index in [0.29, 0.717) is 16.8 Å². The van der Waals surface area contributed by atoms with Crippen LogP contribution in [0.25, 0.3) is 11.5 Å². The molecule has 0 saturated carbocycles. The normalized spacial score (nSPS) is 10.9. The van der Waals surface area contributed by atoms with Crippen molar-refractivity contribution < 1.29 is 4.52 Å². The number of thiazole rings is 2. The van der Waals surface area contributed by atoms with E-state index in [4.69, 9.17) is 10.3 Å². The van der Waals surface area contributed by atoms with Gasteiger partial charge >= 0.3 is 0 Å². The first-order valence-corrected chi connectivity index (χ1v) is 7.54. The van der Waals surface area contributed by atoms with Crippen molar-refractivity contribution >= 4 is 27.8 Å². The summed E-state index contributed by atoms with van der Waals surface area (Å²) in [5.74, 6) is 1.18. The first-order valence-electron chi connectivity index (χ1n) is 5.72. The minimum Gasteiger partial charge on any atom is -0.375 e. The third-order valence-electron chi connectivity index (χ3n) is 2.52. The Labute approximate surface area is 117 Å². The van der Waals surface area contributed by atoms with E-state index in [0.717, 1.165) is 30.7 Å². The van der Waals surface area contributed by atoms with Crippen LogP contribution in [0.5, 0.6) is 0 Å². The zero-order valence-electron chi connectivity index (χ0n) is 9.94. The molecular formula is C11H11N5OS2.